The standard InChI is InChI=1S/C21H24F3N5O2S/c1-26-32(30,31)18-11-15(10-16(12-18)21(22,23)24)19-13-17(27-20(14-25)28-19)6-5-9-29-7-3-2-4-8-29/h10-13,26H,2-9H2,1H3. The van der Waals surface area contributed by atoms with Crippen LogP contribution in [-0.4, -0.2) is 50.0 Å². The van der Waals surface area contributed by atoms with Gasteiger partial charge in [-0.2, -0.15) is 18.4 Å². The van der Waals surface area contributed by atoms with Gasteiger partial charge in [-0.15, -0.1) is 0 Å². The van der Waals surface area contributed by atoms with Crippen molar-refractivity contribution in [2.45, 2.75) is 43.2 Å². The van der Waals surface area contributed by atoms with Crippen LogP contribution in [0.25, 0.3) is 11.3 Å². The number of likely N-dealkylation sites (tertiary alicyclic amines) is 1. The van der Waals surface area contributed by atoms with Crippen molar-refractivity contribution in [2.24, 2.45) is 0 Å². The minimum atomic E-state index is -4.75. The van der Waals surface area contributed by atoms with Gasteiger partial charge in [0.2, 0.25) is 15.8 Å². The van der Waals surface area contributed by atoms with Crippen molar-refractivity contribution in [3.8, 4) is 17.3 Å². The van der Waals surface area contributed by atoms with E-state index in [1.54, 1.807) is 0 Å². The zero-order valence-electron chi connectivity index (χ0n) is 17.6. The number of nitrogens with one attached hydrogen (secondary N) is 1. The van der Waals surface area contributed by atoms with Crippen LogP contribution in [0.3, 0.4) is 0 Å². The summed E-state index contributed by atoms with van der Waals surface area (Å²) in [5.41, 5.74) is -0.570. The number of aromatic nitrogens is 2. The summed E-state index contributed by atoms with van der Waals surface area (Å²) in [6.07, 6.45) is 0.133. The molecule has 7 nitrogen and oxygen atoms in total. The fraction of sp³-hybridized carbons (Fsp3) is 0.476. The van der Waals surface area contributed by atoms with Gasteiger partial charge < -0.3 is 4.90 Å². The predicted molar refractivity (Wildman–Crippen MR) is 112 cm³/mol. The number of benzene rings is 1. The molecule has 0 radical (unpaired) electrons. The van der Waals surface area contributed by atoms with Crippen molar-refractivity contribution >= 4 is 10.0 Å². The lowest BCUT2D eigenvalue weighted by Crippen LogP contribution is -2.30. The fourth-order valence-electron chi connectivity index (χ4n) is 3.67. The van der Waals surface area contributed by atoms with Crippen molar-refractivity contribution < 1.29 is 21.6 Å². The number of nitriles is 1. The summed E-state index contributed by atoms with van der Waals surface area (Å²) in [6.45, 7) is 2.96. The Morgan fingerprint density at radius 2 is 1.84 bits per heavy atom. The van der Waals surface area contributed by atoms with Crippen LogP contribution in [0, 0.1) is 11.3 Å². The summed E-state index contributed by atoms with van der Waals surface area (Å²) in [5.74, 6) is -0.175. The Morgan fingerprint density at radius 1 is 1.12 bits per heavy atom. The maximum absolute atomic E-state index is 13.4. The van der Waals surface area contributed by atoms with E-state index < -0.39 is 26.7 Å². The molecule has 1 N–H and O–H groups in total. The normalized spacial score (nSPS) is 15.5. The molecule has 1 aromatic carbocycles. The van der Waals surface area contributed by atoms with E-state index in [-0.39, 0.29) is 17.1 Å². The Hall–Kier alpha value is -2.55. The SMILES string of the molecule is CNS(=O)(=O)c1cc(-c2cc(CCCN3CCCCC3)nc(C#N)n2)cc(C(F)(F)F)c1. The molecule has 172 valence electrons. The lowest BCUT2D eigenvalue weighted by Gasteiger charge is -2.26. The van der Waals surface area contributed by atoms with Crippen molar-refractivity contribution in [2.75, 3.05) is 26.7 Å². The molecule has 2 heterocycles. The van der Waals surface area contributed by atoms with Crippen molar-refractivity contribution in [1.29, 1.82) is 5.26 Å². The maximum atomic E-state index is 13.4. The van der Waals surface area contributed by atoms with Gasteiger partial charge in [-0.1, -0.05) is 6.42 Å². The molecule has 0 amide bonds. The van der Waals surface area contributed by atoms with E-state index in [4.69, 9.17) is 0 Å². The van der Waals surface area contributed by atoms with Crippen molar-refractivity contribution in [3.63, 3.8) is 0 Å². The molecule has 32 heavy (non-hydrogen) atoms. The zero-order valence-corrected chi connectivity index (χ0v) is 18.4. The quantitative estimate of drug-likeness (QED) is 0.671. The summed E-state index contributed by atoms with van der Waals surface area (Å²) < 4.78 is 66.6. The first-order chi connectivity index (χ1) is 15.1. The van der Waals surface area contributed by atoms with Gasteiger partial charge in [-0.05, 0) is 76.6 Å². The van der Waals surface area contributed by atoms with Crippen LogP contribution in [-0.2, 0) is 22.6 Å². The Labute approximate surface area is 185 Å². The molecule has 3 rings (SSSR count). The second kappa shape index (κ2) is 9.94. The van der Waals surface area contributed by atoms with E-state index in [1.165, 1.54) is 25.3 Å². The Kier molecular flexibility index (Phi) is 7.48. The number of sulfonamides is 1. The molecule has 0 aliphatic carbocycles. The Bertz CT molecular complexity index is 1110. The second-order valence-corrected chi connectivity index (χ2v) is 9.52. The largest absolute Gasteiger partial charge is 0.416 e. The molecule has 0 unspecified atom stereocenters. The highest BCUT2D eigenvalue weighted by atomic mass is 32.2. The average molecular weight is 468 g/mol. The highest BCUT2D eigenvalue weighted by Gasteiger charge is 2.33. The molecular formula is C21H24F3N5O2S. The van der Waals surface area contributed by atoms with Gasteiger partial charge in [0.15, 0.2) is 0 Å². The van der Waals surface area contributed by atoms with Gasteiger partial charge in [0, 0.05) is 11.3 Å². The monoisotopic (exact) mass is 467 g/mol. The summed E-state index contributed by atoms with van der Waals surface area (Å²) in [6, 6.07) is 5.86. The van der Waals surface area contributed by atoms with Crippen LogP contribution in [0.4, 0.5) is 13.2 Å². The van der Waals surface area contributed by atoms with Gasteiger partial charge >= 0.3 is 6.18 Å². The molecule has 0 saturated carbocycles. The van der Waals surface area contributed by atoms with Crippen molar-refractivity contribution in [3.05, 3.63) is 41.3 Å². The first-order valence-electron chi connectivity index (χ1n) is 10.3. The molecule has 1 aromatic heterocycles. The smallest absolute Gasteiger partial charge is 0.303 e. The first-order valence-corrected chi connectivity index (χ1v) is 11.8. The summed E-state index contributed by atoms with van der Waals surface area (Å²) in [5, 5.41) is 9.30. The van der Waals surface area contributed by atoms with Crippen LogP contribution in [0.2, 0.25) is 0 Å². The van der Waals surface area contributed by atoms with E-state index in [1.807, 2.05) is 10.8 Å². The van der Waals surface area contributed by atoms with Gasteiger partial charge in [0.05, 0.1) is 16.2 Å². The minimum absolute atomic E-state index is 0.0511. The topological polar surface area (TPSA) is 99.0 Å². The van der Waals surface area contributed by atoms with E-state index in [0.29, 0.717) is 18.2 Å². The number of nitrogens with zero attached hydrogens (tertiary/aromatic N) is 4. The number of rotatable bonds is 7. The highest BCUT2D eigenvalue weighted by Crippen LogP contribution is 2.34. The lowest BCUT2D eigenvalue weighted by atomic mass is 10.1. The molecule has 2 aromatic rings. The number of halogens is 3. The molecule has 1 fully saturated rings. The second-order valence-electron chi connectivity index (χ2n) is 7.64. The number of aryl methyl sites for hydroxylation is 1. The number of piperidine rings is 1. The third-order valence-corrected chi connectivity index (χ3v) is 6.74. The Morgan fingerprint density at radius 3 is 2.47 bits per heavy atom. The minimum Gasteiger partial charge on any atom is -0.303 e. The average Bonchev–Trinajstić information content (AvgIpc) is 2.78. The molecule has 1 saturated heterocycles. The van der Waals surface area contributed by atoms with Gasteiger partial charge in [-0.25, -0.2) is 23.1 Å². The number of alkyl halides is 3. The first kappa shape index (κ1) is 24.1. The van der Waals surface area contributed by atoms with Crippen molar-refractivity contribution in [1.82, 2.24) is 19.6 Å². The molecule has 1 aliphatic heterocycles. The van der Waals surface area contributed by atoms with Gasteiger partial charge in [-0.3, -0.25) is 0 Å². The molecular weight excluding hydrogens is 443 g/mol. The lowest BCUT2D eigenvalue weighted by molar-refractivity contribution is -0.137. The van der Waals surface area contributed by atoms with Crippen LogP contribution in [0.1, 0.15) is 42.8 Å². The summed E-state index contributed by atoms with van der Waals surface area (Å²) in [4.78, 5) is 10.0. The van der Waals surface area contributed by atoms with Crippen LogP contribution >= 0.6 is 0 Å². The highest BCUT2D eigenvalue weighted by molar-refractivity contribution is 7.89. The van der Waals surface area contributed by atoms with E-state index in [9.17, 15) is 26.9 Å². The van der Waals surface area contributed by atoms with E-state index in [2.05, 4.69) is 14.9 Å². The molecule has 11 heteroatoms. The van der Waals surface area contributed by atoms with E-state index >= 15 is 0 Å². The third kappa shape index (κ3) is 6.03. The number of hydrogen-bond acceptors (Lipinski definition) is 6. The fourth-order valence-corrected chi connectivity index (χ4v) is 4.47. The van der Waals surface area contributed by atoms with Crippen LogP contribution in [0.15, 0.2) is 29.2 Å². The molecule has 0 atom stereocenters. The summed E-state index contributed by atoms with van der Waals surface area (Å²) >= 11 is 0. The number of hydrogen-bond donors (Lipinski definition) is 1. The summed E-state index contributed by atoms with van der Waals surface area (Å²) in [7, 11) is -3.01. The van der Waals surface area contributed by atoms with Crippen LogP contribution in [0.5, 0.6) is 0 Å². The van der Waals surface area contributed by atoms with E-state index in [0.717, 1.165) is 45.2 Å². The third-order valence-electron chi connectivity index (χ3n) is 5.34. The Balaban J connectivity index is 1.94. The predicted octanol–water partition coefficient (Wildman–Crippen LogP) is 3.36. The van der Waals surface area contributed by atoms with Gasteiger partial charge in [0.25, 0.3) is 0 Å². The molecule has 1 aliphatic rings. The molecule has 0 spiro atoms. The zero-order chi connectivity index (χ0) is 23.4. The molecule has 0 bridgehead atoms. The van der Waals surface area contributed by atoms with Crippen LogP contribution < -0.4 is 4.72 Å². The van der Waals surface area contributed by atoms with Gasteiger partial charge in [0.1, 0.15) is 6.07 Å². The maximum Gasteiger partial charge on any atom is 0.416 e.